The Morgan fingerprint density at radius 1 is 1.43 bits per heavy atom. The minimum absolute atomic E-state index is 0.151. The average Bonchev–Trinajstić information content (AvgIpc) is 2.10. The molecule has 0 spiro atoms. The molecule has 0 aromatic heterocycles. The summed E-state index contributed by atoms with van der Waals surface area (Å²) in [4.78, 5) is 13.3. The van der Waals surface area contributed by atoms with E-state index in [1.807, 2.05) is 6.92 Å². The largest absolute Gasteiger partial charge is 0.368 e. The monoisotopic (exact) mass is 201 g/mol. The number of carbonyl (C=O) groups is 1. The molecule has 84 valence electrons. The Balaban J connectivity index is 4.35. The highest BCUT2D eigenvalue weighted by Crippen LogP contribution is 2.09. The number of amides is 1. The average molecular weight is 201 g/mol. The molecule has 0 radical (unpaired) electrons. The molecule has 4 nitrogen and oxygen atoms in total. The number of hydrogen-bond donors (Lipinski definition) is 2. The van der Waals surface area contributed by atoms with E-state index < -0.39 is 0 Å². The lowest BCUT2D eigenvalue weighted by Gasteiger charge is -2.32. The third-order valence-corrected chi connectivity index (χ3v) is 2.40. The Morgan fingerprint density at radius 2 is 2.00 bits per heavy atom. The molecule has 0 aromatic carbocycles. The van der Waals surface area contributed by atoms with Gasteiger partial charge in [0.25, 0.3) is 0 Å². The lowest BCUT2D eigenvalue weighted by molar-refractivity contribution is -0.124. The Bertz CT molecular complexity index is 171. The lowest BCUT2D eigenvalue weighted by Crippen LogP contribution is -2.48. The van der Waals surface area contributed by atoms with Gasteiger partial charge in [0, 0.05) is 12.6 Å². The first kappa shape index (κ1) is 13.4. The van der Waals surface area contributed by atoms with Crippen molar-refractivity contribution in [2.24, 2.45) is 11.5 Å². The summed E-state index contributed by atoms with van der Waals surface area (Å²) in [6, 6.07) is 0.181. The van der Waals surface area contributed by atoms with Gasteiger partial charge in [0.1, 0.15) is 0 Å². The first-order valence-corrected chi connectivity index (χ1v) is 5.29. The van der Waals surface area contributed by atoms with Gasteiger partial charge < -0.3 is 11.5 Å². The summed E-state index contributed by atoms with van der Waals surface area (Å²) >= 11 is 0. The number of nitrogens with two attached hydrogens (primary N) is 2. The third-order valence-electron chi connectivity index (χ3n) is 2.40. The smallest absolute Gasteiger partial charge is 0.234 e. The molecule has 0 aliphatic carbocycles. The minimum atomic E-state index is -0.238. The summed E-state index contributed by atoms with van der Waals surface area (Å²) in [6.45, 7) is 7.62. The molecule has 0 bridgehead atoms. The lowest BCUT2D eigenvalue weighted by atomic mass is 10.1. The number of nitrogens with zero attached hydrogens (tertiary/aromatic N) is 1. The van der Waals surface area contributed by atoms with Gasteiger partial charge in [-0.15, -0.1) is 0 Å². The van der Waals surface area contributed by atoms with Crippen molar-refractivity contribution in [1.82, 2.24) is 4.90 Å². The maximum atomic E-state index is 11.2. The molecule has 0 aliphatic heterocycles. The molecular formula is C10H23N3O. The molecule has 0 aromatic rings. The van der Waals surface area contributed by atoms with Crippen molar-refractivity contribution in [2.45, 2.75) is 45.7 Å². The van der Waals surface area contributed by atoms with Crippen molar-refractivity contribution in [3.8, 4) is 0 Å². The second kappa shape index (κ2) is 6.79. The molecule has 14 heavy (non-hydrogen) atoms. The zero-order valence-corrected chi connectivity index (χ0v) is 9.49. The quantitative estimate of drug-likeness (QED) is 0.622. The fourth-order valence-corrected chi connectivity index (χ4v) is 1.65. The van der Waals surface area contributed by atoms with Crippen LogP contribution < -0.4 is 11.5 Å². The fourth-order valence-electron chi connectivity index (χ4n) is 1.65. The van der Waals surface area contributed by atoms with Crippen LogP contribution in [0.2, 0.25) is 0 Å². The molecule has 0 aliphatic rings. The molecule has 0 saturated heterocycles. The molecule has 1 unspecified atom stereocenters. The van der Waals surface area contributed by atoms with E-state index in [2.05, 4.69) is 18.7 Å². The first-order valence-electron chi connectivity index (χ1n) is 5.29. The van der Waals surface area contributed by atoms with Crippen LogP contribution in [0.5, 0.6) is 0 Å². The molecule has 1 amide bonds. The van der Waals surface area contributed by atoms with Crippen molar-refractivity contribution >= 4 is 5.91 Å². The van der Waals surface area contributed by atoms with Crippen LogP contribution in [0.1, 0.15) is 33.6 Å². The topological polar surface area (TPSA) is 72.4 Å². The minimum Gasteiger partial charge on any atom is -0.368 e. The maximum Gasteiger partial charge on any atom is 0.234 e. The van der Waals surface area contributed by atoms with Gasteiger partial charge in [-0.2, -0.15) is 0 Å². The fraction of sp³-hybridized carbons (Fsp3) is 0.900. The molecule has 0 saturated carbocycles. The number of primary amides is 1. The Morgan fingerprint density at radius 3 is 2.29 bits per heavy atom. The first-order chi connectivity index (χ1) is 6.54. The molecule has 0 heterocycles. The Kier molecular flexibility index (Phi) is 6.49. The second-order valence-electron chi connectivity index (χ2n) is 3.80. The van der Waals surface area contributed by atoms with Crippen LogP contribution in [-0.2, 0) is 4.79 Å². The zero-order chi connectivity index (χ0) is 11.1. The van der Waals surface area contributed by atoms with Crippen LogP contribution in [0.25, 0.3) is 0 Å². The highest BCUT2D eigenvalue weighted by atomic mass is 16.1. The summed E-state index contributed by atoms with van der Waals surface area (Å²) in [7, 11) is 0. The van der Waals surface area contributed by atoms with Crippen molar-refractivity contribution in [2.75, 3.05) is 13.1 Å². The molecule has 4 N–H and O–H groups in total. The van der Waals surface area contributed by atoms with E-state index in [1.54, 1.807) is 0 Å². The SMILES string of the molecule is CCC(C(N)=O)N(CCCN)C(C)C. The number of carbonyl (C=O) groups excluding carboxylic acids is 1. The van der Waals surface area contributed by atoms with Crippen molar-refractivity contribution in [3.05, 3.63) is 0 Å². The summed E-state index contributed by atoms with van der Waals surface area (Å²) in [5.41, 5.74) is 10.8. The van der Waals surface area contributed by atoms with Gasteiger partial charge in [-0.05, 0) is 33.2 Å². The van der Waals surface area contributed by atoms with Crippen LogP contribution in [0, 0.1) is 0 Å². The predicted molar refractivity (Wildman–Crippen MR) is 58.8 cm³/mol. The van der Waals surface area contributed by atoms with Gasteiger partial charge in [-0.1, -0.05) is 6.92 Å². The molecule has 0 rings (SSSR count). The third kappa shape index (κ3) is 4.07. The van der Waals surface area contributed by atoms with E-state index in [1.165, 1.54) is 0 Å². The van der Waals surface area contributed by atoms with Crippen molar-refractivity contribution in [1.29, 1.82) is 0 Å². The molecule has 4 heteroatoms. The van der Waals surface area contributed by atoms with Gasteiger partial charge in [-0.3, -0.25) is 9.69 Å². The van der Waals surface area contributed by atoms with Crippen molar-refractivity contribution in [3.63, 3.8) is 0 Å². The maximum absolute atomic E-state index is 11.2. The molecule has 0 fully saturated rings. The number of hydrogen-bond acceptors (Lipinski definition) is 3. The van der Waals surface area contributed by atoms with E-state index in [-0.39, 0.29) is 11.9 Å². The Labute approximate surface area is 86.6 Å². The zero-order valence-electron chi connectivity index (χ0n) is 9.49. The summed E-state index contributed by atoms with van der Waals surface area (Å²) in [6.07, 6.45) is 1.67. The van der Waals surface area contributed by atoms with Crippen LogP contribution >= 0.6 is 0 Å². The highest BCUT2D eigenvalue weighted by molar-refractivity contribution is 5.79. The predicted octanol–water partition coefficient (Wildman–Crippen LogP) is 0.310. The molecule has 1 atom stereocenters. The van der Waals surface area contributed by atoms with E-state index in [9.17, 15) is 4.79 Å². The van der Waals surface area contributed by atoms with E-state index in [0.717, 1.165) is 19.4 Å². The van der Waals surface area contributed by atoms with E-state index in [4.69, 9.17) is 11.5 Å². The second-order valence-corrected chi connectivity index (χ2v) is 3.80. The van der Waals surface area contributed by atoms with Crippen molar-refractivity contribution < 1.29 is 4.79 Å². The van der Waals surface area contributed by atoms with Gasteiger partial charge >= 0.3 is 0 Å². The van der Waals surface area contributed by atoms with E-state index >= 15 is 0 Å². The van der Waals surface area contributed by atoms with E-state index in [0.29, 0.717) is 12.6 Å². The summed E-state index contributed by atoms with van der Waals surface area (Å²) in [5, 5.41) is 0. The van der Waals surface area contributed by atoms with Gasteiger partial charge in [0.15, 0.2) is 0 Å². The normalized spacial score (nSPS) is 13.6. The van der Waals surface area contributed by atoms with Gasteiger partial charge in [0.05, 0.1) is 6.04 Å². The highest BCUT2D eigenvalue weighted by Gasteiger charge is 2.23. The Hall–Kier alpha value is -0.610. The summed E-state index contributed by atoms with van der Waals surface area (Å²) in [5.74, 6) is -0.238. The van der Waals surface area contributed by atoms with Gasteiger partial charge in [0.2, 0.25) is 5.91 Å². The standard InChI is InChI=1S/C10H23N3O/c1-4-9(10(12)14)13(8(2)3)7-5-6-11/h8-9H,4-7,11H2,1-3H3,(H2,12,14). The van der Waals surface area contributed by atoms with Crippen LogP contribution in [0.15, 0.2) is 0 Å². The number of rotatable bonds is 7. The van der Waals surface area contributed by atoms with Crippen LogP contribution in [0.3, 0.4) is 0 Å². The molecular weight excluding hydrogens is 178 g/mol. The van der Waals surface area contributed by atoms with Crippen LogP contribution in [0.4, 0.5) is 0 Å². The van der Waals surface area contributed by atoms with Gasteiger partial charge in [-0.25, -0.2) is 0 Å². The summed E-state index contributed by atoms with van der Waals surface area (Å²) < 4.78 is 0. The van der Waals surface area contributed by atoms with Crippen LogP contribution in [-0.4, -0.2) is 36.0 Å².